The number of carboxylic acid groups (broad SMARTS) is 1. The van der Waals surface area contributed by atoms with Crippen molar-refractivity contribution < 1.29 is 9.90 Å². The van der Waals surface area contributed by atoms with Gasteiger partial charge in [0, 0.05) is 5.88 Å². The highest BCUT2D eigenvalue weighted by Gasteiger charge is 2.34. The number of hydrogen-bond acceptors (Lipinski definition) is 2. The van der Waals surface area contributed by atoms with Gasteiger partial charge in [0.1, 0.15) is 5.54 Å². The summed E-state index contributed by atoms with van der Waals surface area (Å²) in [5.41, 5.74) is -0.758. The Kier molecular flexibility index (Phi) is 5.33. The summed E-state index contributed by atoms with van der Waals surface area (Å²) in [7, 11) is 3.57. The Hall–Kier alpha value is -0.280. The molecule has 0 aromatic carbocycles. The molecule has 3 nitrogen and oxygen atoms in total. The minimum Gasteiger partial charge on any atom is -0.480 e. The second-order valence-electron chi connectivity index (χ2n) is 3.62. The molecule has 0 aliphatic rings. The average molecular weight is 208 g/mol. The summed E-state index contributed by atoms with van der Waals surface area (Å²) >= 11 is 5.53. The molecular weight excluding hydrogens is 190 g/mol. The van der Waals surface area contributed by atoms with Crippen LogP contribution in [0.3, 0.4) is 0 Å². The number of hydrogen-bond donors (Lipinski definition) is 1. The Morgan fingerprint density at radius 3 is 2.31 bits per heavy atom. The van der Waals surface area contributed by atoms with E-state index in [-0.39, 0.29) is 0 Å². The number of likely N-dealkylation sites (N-methyl/N-ethyl adjacent to an activating group) is 1. The highest BCUT2D eigenvalue weighted by atomic mass is 35.5. The predicted octanol–water partition coefficient (Wildman–Crippen LogP) is 1.80. The van der Waals surface area contributed by atoms with Gasteiger partial charge in [-0.2, -0.15) is 0 Å². The summed E-state index contributed by atoms with van der Waals surface area (Å²) in [6.07, 6.45) is 2.37. The third-order valence-electron chi connectivity index (χ3n) is 2.49. The SMILES string of the molecule is CN(C)C(C)(CCCCCl)C(=O)O. The second kappa shape index (κ2) is 5.45. The molecule has 1 atom stereocenters. The van der Waals surface area contributed by atoms with Gasteiger partial charge in [-0.3, -0.25) is 9.69 Å². The van der Waals surface area contributed by atoms with Crippen LogP contribution in [0, 0.1) is 0 Å². The summed E-state index contributed by atoms with van der Waals surface area (Å²) in [6.45, 7) is 1.74. The van der Waals surface area contributed by atoms with Crippen molar-refractivity contribution in [2.75, 3.05) is 20.0 Å². The Morgan fingerprint density at radius 1 is 1.46 bits per heavy atom. The molecule has 0 spiro atoms. The lowest BCUT2D eigenvalue weighted by Gasteiger charge is -2.32. The quantitative estimate of drug-likeness (QED) is 0.534. The van der Waals surface area contributed by atoms with E-state index in [0.717, 1.165) is 12.8 Å². The summed E-state index contributed by atoms with van der Waals surface area (Å²) in [5, 5.41) is 9.03. The van der Waals surface area contributed by atoms with Crippen LogP contribution in [0.5, 0.6) is 0 Å². The van der Waals surface area contributed by atoms with Crippen molar-refractivity contribution in [2.24, 2.45) is 0 Å². The maximum Gasteiger partial charge on any atom is 0.323 e. The molecular formula is C9H18ClNO2. The molecule has 0 fully saturated rings. The molecule has 0 rings (SSSR count). The number of carbonyl (C=O) groups is 1. The average Bonchev–Trinajstić information content (AvgIpc) is 2.03. The van der Waals surface area contributed by atoms with Gasteiger partial charge in [-0.1, -0.05) is 0 Å². The second-order valence-corrected chi connectivity index (χ2v) is 4.00. The number of alkyl halides is 1. The van der Waals surface area contributed by atoms with Crippen molar-refractivity contribution in [2.45, 2.75) is 31.7 Å². The Bertz CT molecular complexity index is 173. The molecule has 0 aliphatic carbocycles. The molecule has 0 aromatic heterocycles. The van der Waals surface area contributed by atoms with Gasteiger partial charge in [0.05, 0.1) is 0 Å². The molecule has 13 heavy (non-hydrogen) atoms. The zero-order chi connectivity index (χ0) is 10.5. The van der Waals surface area contributed by atoms with Crippen LogP contribution in [0.25, 0.3) is 0 Å². The van der Waals surface area contributed by atoms with E-state index in [1.165, 1.54) is 0 Å². The maximum absolute atomic E-state index is 11.0. The topological polar surface area (TPSA) is 40.5 Å². The first kappa shape index (κ1) is 12.7. The summed E-state index contributed by atoms with van der Waals surface area (Å²) in [6, 6.07) is 0. The normalized spacial score (nSPS) is 15.8. The van der Waals surface area contributed by atoms with E-state index in [2.05, 4.69) is 0 Å². The fourth-order valence-corrected chi connectivity index (χ4v) is 1.27. The number of aliphatic carboxylic acids is 1. The van der Waals surface area contributed by atoms with Crippen molar-refractivity contribution in [3.05, 3.63) is 0 Å². The summed E-state index contributed by atoms with van der Waals surface area (Å²) < 4.78 is 0. The molecule has 0 aromatic rings. The van der Waals surface area contributed by atoms with Gasteiger partial charge in [0.15, 0.2) is 0 Å². The van der Waals surface area contributed by atoms with Crippen LogP contribution in [0.1, 0.15) is 26.2 Å². The first-order valence-electron chi connectivity index (χ1n) is 4.42. The molecule has 78 valence electrons. The molecule has 0 aliphatic heterocycles. The summed E-state index contributed by atoms with van der Waals surface area (Å²) in [4.78, 5) is 12.7. The zero-order valence-corrected chi connectivity index (χ0v) is 9.26. The largest absolute Gasteiger partial charge is 0.480 e. The molecule has 0 heterocycles. The maximum atomic E-state index is 11.0. The standard InChI is InChI=1S/C9H18ClNO2/c1-9(8(12)13,11(2)3)6-4-5-7-10/h4-7H2,1-3H3,(H,12,13). The Labute approximate surface area is 84.7 Å². The van der Waals surface area contributed by atoms with E-state index in [4.69, 9.17) is 16.7 Å². The minimum atomic E-state index is -0.771. The third-order valence-corrected chi connectivity index (χ3v) is 2.76. The Morgan fingerprint density at radius 2 is 2.00 bits per heavy atom. The van der Waals surface area contributed by atoms with Crippen molar-refractivity contribution in [1.82, 2.24) is 4.90 Å². The van der Waals surface area contributed by atoms with Gasteiger partial charge in [-0.15, -0.1) is 11.6 Å². The molecule has 1 unspecified atom stereocenters. The lowest BCUT2D eigenvalue weighted by Crippen LogP contribution is -2.48. The summed E-state index contributed by atoms with van der Waals surface area (Å²) in [5.74, 6) is -0.171. The van der Waals surface area contributed by atoms with Crippen LogP contribution in [0.2, 0.25) is 0 Å². The number of nitrogens with zero attached hydrogens (tertiary/aromatic N) is 1. The minimum absolute atomic E-state index is 0.600. The lowest BCUT2D eigenvalue weighted by atomic mass is 9.94. The molecule has 0 saturated heterocycles. The van der Waals surface area contributed by atoms with Crippen LogP contribution in [0.15, 0.2) is 0 Å². The number of rotatable bonds is 6. The third kappa shape index (κ3) is 3.53. The van der Waals surface area contributed by atoms with Crippen molar-refractivity contribution in [3.63, 3.8) is 0 Å². The Balaban J connectivity index is 4.17. The van der Waals surface area contributed by atoms with Crippen LogP contribution >= 0.6 is 11.6 Å². The van der Waals surface area contributed by atoms with Gasteiger partial charge < -0.3 is 5.11 Å². The molecule has 0 saturated carbocycles. The van der Waals surface area contributed by atoms with Crippen molar-refractivity contribution in [3.8, 4) is 0 Å². The molecule has 4 heteroatoms. The van der Waals surface area contributed by atoms with Crippen LogP contribution in [-0.4, -0.2) is 41.5 Å². The zero-order valence-electron chi connectivity index (χ0n) is 8.51. The van der Waals surface area contributed by atoms with E-state index in [0.29, 0.717) is 12.3 Å². The molecule has 0 radical (unpaired) electrons. The predicted molar refractivity (Wildman–Crippen MR) is 54.3 cm³/mol. The highest BCUT2D eigenvalue weighted by molar-refractivity contribution is 6.17. The lowest BCUT2D eigenvalue weighted by molar-refractivity contribution is -0.149. The number of unbranched alkanes of at least 4 members (excludes halogenated alkanes) is 1. The van der Waals surface area contributed by atoms with E-state index < -0.39 is 11.5 Å². The molecule has 0 bridgehead atoms. The molecule has 1 N–H and O–H groups in total. The van der Waals surface area contributed by atoms with E-state index in [1.54, 1.807) is 25.9 Å². The van der Waals surface area contributed by atoms with Crippen molar-refractivity contribution in [1.29, 1.82) is 0 Å². The van der Waals surface area contributed by atoms with E-state index >= 15 is 0 Å². The highest BCUT2D eigenvalue weighted by Crippen LogP contribution is 2.19. The van der Waals surface area contributed by atoms with Crippen LogP contribution in [-0.2, 0) is 4.79 Å². The van der Waals surface area contributed by atoms with Gasteiger partial charge in [-0.05, 0) is 40.3 Å². The fraction of sp³-hybridized carbons (Fsp3) is 0.889. The molecule has 0 amide bonds. The van der Waals surface area contributed by atoms with Gasteiger partial charge in [0.2, 0.25) is 0 Å². The van der Waals surface area contributed by atoms with E-state index in [1.807, 2.05) is 0 Å². The first-order chi connectivity index (χ1) is 5.95. The van der Waals surface area contributed by atoms with Crippen molar-refractivity contribution >= 4 is 17.6 Å². The van der Waals surface area contributed by atoms with Gasteiger partial charge in [-0.25, -0.2) is 0 Å². The number of halogens is 1. The first-order valence-corrected chi connectivity index (χ1v) is 4.95. The number of carboxylic acids is 1. The van der Waals surface area contributed by atoms with Crippen LogP contribution in [0.4, 0.5) is 0 Å². The van der Waals surface area contributed by atoms with Crippen LogP contribution < -0.4 is 0 Å². The van der Waals surface area contributed by atoms with E-state index in [9.17, 15) is 4.79 Å². The van der Waals surface area contributed by atoms with Gasteiger partial charge in [0.25, 0.3) is 0 Å². The van der Waals surface area contributed by atoms with Gasteiger partial charge >= 0.3 is 5.97 Å². The fourth-order valence-electron chi connectivity index (χ4n) is 1.09. The smallest absolute Gasteiger partial charge is 0.323 e. The monoisotopic (exact) mass is 207 g/mol.